The number of methoxy groups -OCH3 is 1. The second kappa shape index (κ2) is 5.43. The number of nitrogens with one attached hydrogen (secondary N) is 2. The Morgan fingerprint density at radius 1 is 1.60 bits per heavy atom. The molecule has 3 N–H and O–H groups in total. The minimum atomic E-state index is -1.13. The summed E-state index contributed by atoms with van der Waals surface area (Å²) < 4.78 is 4.98. The minimum Gasteiger partial charge on any atom is -0.495 e. The number of carboxylic acid groups (broad SMARTS) is 1. The smallest absolute Gasteiger partial charge is 0.419 e. The van der Waals surface area contributed by atoms with Crippen molar-refractivity contribution in [3.05, 3.63) is 28.8 Å². The molecule has 0 aliphatic carbocycles. The fourth-order valence-electron chi connectivity index (χ4n) is 1.04. The number of hydrogen-bond acceptors (Lipinski definition) is 3. The molecule has 1 aromatic rings. The van der Waals surface area contributed by atoms with Gasteiger partial charge in [0.05, 0.1) is 12.1 Å². The number of hydrogen-bond donors (Lipinski definition) is 3. The van der Waals surface area contributed by atoms with Crippen molar-refractivity contribution in [3.63, 3.8) is 0 Å². The molecule has 5 nitrogen and oxygen atoms in total. The van der Waals surface area contributed by atoms with Crippen LogP contribution in [0.25, 0.3) is 0 Å². The maximum absolute atomic E-state index is 10.1. The Balaban J connectivity index is 2.55. The number of carbonyl (C=O) groups is 1. The van der Waals surface area contributed by atoms with Crippen molar-refractivity contribution in [3.8, 4) is 5.75 Å². The molecule has 0 aliphatic heterocycles. The van der Waals surface area contributed by atoms with Crippen molar-refractivity contribution < 1.29 is 14.6 Å². The number of ether oxygens (including phenoxy) is 1. The molecular weight excluding hydrogens is 220 g/mol. The van der Waals surface area contributed by atoms with Gasteiger partial charge in [-0.1, -0.05) is 17.7 Å². The first-order valence-electron chi connectivity index (χ1n) is 4.17. The molecular formula is C9H11ClN2O3. The number of benzene rings is 1. The maximum Gasteiger partial charge on any atom is 0.419 e. The van der Waals surface area contributed by atoms with Crippen molar-refractivity contribution in [1.82, 2.24) is 10.9 Å². The van der Waals surface area contributed by atoms with E-state index in [2.05, 4.69) is 5.43 Å². The Morgan fingerprint density at radius 3 is 2.87 bits per heavy atom. The van der Waals surface area contributed by atoms with Gasteiger partial charge in [0.15, 0.2) is 0 Å². The number of halogens is 1. The van der Waals surface area contributed by atoms with Gasteiger partial charge in [0.2, 0.25) is 0 Å². The SMILES string of the molecule is COc1ccc(CNNC(=O)O)cc1Cl. The van der Waals surface area contributed by atoms with Crippen molar-refractivity contribution in [2.45, 2.75) is 6.54 Å². The van der Waals surface area contributed by atoms with Gasteiger partial charge in [0, 0.05) is 6.54 Å². The zero-order chi connectivity index (χ0) is 11.3. The summed E-state index contributed by atoms with van der Waals surface area (Å²) in [6, 6.07) is 5.22. The molecule has 0 fully saturated rings. The highest BCUT2D eigenvalue weighted by molar-refractivity contribution is 6.32. The van der Waals surface area contributed by atoms with Crippen LogP contribution in [-0.4, -0.2) is 18.3 Å². The van der Waals surface area contributed by atoms with Crippen LogP contribution in [0.5, 0.6) is 5.75 Å². The van der Waals surface area contributed by atoms with Gasteiger partial charge >= 0.3 is 6.09 Å². The first kappa shape index (κ1) is 11.6. The third-order valence-electron chi connectivity index (χ3n) is 1.70. The summed E-state index contributed by atoms with van der Waals surface area (Å²) in [6.45, 7) is 0.357. The van der Waals surface area contributed by atoms with Gasteiger partial charge in [0.25, 0.3) is 0 Å². The molecule has 1 aromatic carbocycles. The van der Waals surface area contributed by atoms with Crippen LogP contribution in [0.2, 0.25) is 5.02 Å². The Kier molecular flexibility index (Phi) is 4.20. The molecule has 0 heterocycles. The minimum absolute atomic E-state index is 0.357. The van der Waals surface area contributed by atoms with E-state index in [4.69, 9.17) is 21.4 Å². The predicted molar refractivity (Wildman–Crippen MR) is 56.0 cm³/mol. The average Bonchev–Trinajstić information content (AvgIpc) is 2.17. The van der Waals surface area contributed by atoms with Gasteiger partial charge in [-0.15, -0.1) is 0 Å². The largest absolute Gasteiger partial charge is 0.495 e. The lowest BCUT2D eigenvalue weighted by atomic mass is 10.2. The fourth-order valence-corrected chi connectivity index (χ4v) is 1.32. The lowest BCUT2D eigenvalue weighted by molar-refractivity contribution is 0.189. The van der Waals surface area contributed by atoms with Crippen molar-refractivity contribution in [1.29, 1.82) is 0 Å². The molecule has 0 atom stereocenters. The van der Waals surface area contributed by atoms with E-state index in [-0.39, 0.29) is 0 Å². The van der Waals surface area contributed by atoms with Crippen LogP contribution in [0.4, 0.5) is 4.79 Å². The highest BCUT2D eigenvalue weighted by Crippen LogP contribution is 2.24. The summed E-state index contributed by atoms with van der Waals surface area (Å²) in [5.41, 5.74) is 5.41. The van der Waals surface area contributed by atoms with Crippen LogP contribution in [0.1, 0.15) is 5.56 Å². The van der Waals surface area contributed by atoms with Gasteiger partial charge in [0.1, 0.15) is 5.75 Å². The highest BCUT2D eigenvalue weighted by atomic mass is 35.5. The van der Waals surface area contributed by atoms with Gasteiger partial charge in [-0.2, -0.15) is 0 Å². The Morgan fingerprint density at radius 2 is 2.33 bits per heavy atom. The van der Waals surface area contributed by atoms with Crippen LogP contribution in [0, 0.1) is 0 Å². The Hall–Kier alpha value is -1.46. The predicted octanol–water partition coefficient (Wildman–Crippen LogP) is 1.62. The number of hydrazine groups is 1. The molecule has 6 heteroatoms. The van der Waals surface area contributed by atoms with Gasteiger partial charge in [-0.05, 0) is 17.7 Å². The van der Waals surface area contributed by atoms with E-state index < -0.39 is 6.09 Å². The van der Waals surface area contributed by atoms with Crippen molar-refractivity contribution in [2.75, 3.05) is 7.11 Å². The van der Waals surface area contributed by atoms with Gasteiger partial charge in [-0.3, -0.25) is 5.43 Å². The molecule has 0 saturated heterocycles. The summed E-state index contributed by atoms with van der Waals surface area (Å²) in [5, 5.41) is 8.80. The van der Waals surface area contributed by atoms with Crippen LogP contribution in [-0.2, 0) is 6.54 Å². The van der Waals surface area contributed by atoms with E-state index in [0.29, 0.717) is 17.3 Å². The van der Waals surface area contributed by atoms with Crippen molar-refractivity contribution >= 4 is 17.7 Å². The van der Waals surface area contributed by atoms with Gasteiger partial charge < -0.3 is 9.84 Å². The van der Waals surface area contributed by atoms with Crippen molar-refractivity contribution in [2.24, 2.45) is 0 Å². The highest BCUT2D eigenvalue weighted by Gasteiger charge is 2.01. The fraction of sp³-hybridized carbons (Fsp3) is 0.222. The molecule has 82 valence electrons. The molecule has 0 aromatic heterocycles. The molecule has 0 saturated carbocycles. The van der Waals surface area contributed by atoms with Crippen LogP contribution < -0.4 is 15.6 Å². The summed E-state index contributed by atoms with van der Waals surface area (Å²) >= 11 is 5.88. The lowest BCUT2D eigenvalue weighted by Gasteiger charge is -2.07. The van der Waals surface area contributed by atoms with E-state index in [9.17, 15) is 4.79 Å². The summed E-state index contributed by atoms with van der Waals surface area (Å²) in [5.74, 6) is 0.589. The molecule has 15 heavy (non-hydrogen) atoms. The monoisotopic (exact) mass is 230 g/mol. The molecule has 0 unspecified atom stereocenters. The lowest BCUT2D eigenvalue weighted by Crippen LogP contribution is -2.35. The maximum atomic E-state index is 10.1. The zero-order valence-electron chi connectivity index (χ0n) is 8.08. The number of amides is 1. The van der Waals surface area contributed by atoms with E-state index in [1.165, 1.54) is 7.11 Å². The summed E-state index contributed by atoms with van der Waals surface area (Å²) in [7, 11) is 1.53. The van der Waals surface area contributed by atoms with E-state index in [0.717, 1.165) is 5.56 Å². The molecule has 0 aliphatic rings. The molecule has 1 rings (SSSR count). The molecule has 1 amide bonds. The van der Waals surface area contributed by atoms with Crippen LogP contribution >= 0.6 is 11.6 Å². The Labute approximate surface area is 92.0 Å². The second-order valence-corrected chi connectivity index (χ2v) is 3.16. The Bertz CT molecular complexity index is 357. The summed E-state index contributed by atoms with van der Waals surface area (Å²) in [6.07, 6.45) is -1.13. The topological polar surface area (TPSA) is 70.6 Å². The van der Waals surface area contributed by atoms with Gasteiger partial charge in [-0.25, -0.2) is 10.2 Å². The van der Waals surface area contributed by atoms with E-state index in [1.54, 1.807) is 18.2 Å². The van der Waals surface area contributed by atoms with Crippen LogP contribution in [0.3, 0.4) is 0 Å². The first-order valence-corrected chi connectivity index (χ1v) is 4.55. The third-order valence-corrected chi connectivity index (χ3v) is 2.00. The summed E-state index contributed by atoms with van der Waals surface area (Å²) in [4.78, 5) is 10.1. The average molecular weight is 231 g/mol. The molecule has 0 radical (unpaired) electrons. The quantitative estimate of drug-likeness (QED) is 0.688. The third kappa shape index (κ3) is 3.65. The normalized spacial score (nSPS) is 9.73. The van der Waals surface area contributed by atoms with E-state index in [1.807, 2.05) is 5.43 Å². The second-order valence-electron chi connectivity index (χ2n) is 2.75. The zero-order valence-corrected chi connectivity index (χ0v) is 8.84. The first-order chi connectivity index (χ1) is 7.13. The standard InChI is InChI=1S/C9H11ClN2O3/c1-15-8-3-2-6(4-7(8)10)5-11-12-9(13)14/h2-4,11-12H,5H2,1H3,(H,13,14). The molecule has 0 bridgehead atoms. The molecule has 0 spiro atoms. The number of rotatable bonds is 4. The van der Waals surface area contributed by atoms with E-state index >= 15 is 0 Å². The van der Waals surface area contributed by atoms with Crippen LogP contribution in [0.15, 0.2) is 18.2 Å².